The monoisotopic (exact) mass is 391 g/mol. The molecule has 0 saturated heterocycles. The molecule has 0 fully saturated rings. The average Bonchev–Trinajstić information content (AvgIpc) is 3.03. The Kier molecular flexibility index (Phi) is 6.05. The summed E-state index contributed by atoms with van der Waals surface area (Å²) in [5, 5.41) is 2.58. The van der Waals surface area contributed by atoms with Gasteiger partial charge in [0.15, 0.2) is 5.78 Å². The zero-order valence-corrected chi connectivity index (χ0v) is 16.9. The molecule has 1 N–H and O–H groups in total. The van der Waals surface area contributed by atoms with Gasteiger partial charge in [0.05, 0.1) is 6.61 Å². The second-order valence-electron chi connectivity index (χ2n) is 7.60. The van der Waals surface area contributed by atoms with Crippen molar-refractivity contribution in [2.75, 3.05) is 13.2 Å². The Hall–Kier alpha value is -3.10. The zero-order chi connectivity index (χ0) is 21.0. The van der Waals surface area contributed by atoms with Crippen LogP contribution in [0, 0.1) is 12.3 Å². The molecule has 5 nitrogen and oxygen atoms in total. The summed E-state index contributed by atoms with van der Waals surface area (Å²) in [6.07, 6.45) is 4.74. The van der Waals surface area contributed by atoms with Gasteiger partial charge < -0.3 is 14.8 Å². The van der Waals surface area contributed by atoms with Crippen LogP contribution in [0.3, 0.4) is 0 Å². The molecule has 3 rings (SSSR count). The minimum atomic E-state index is -0.823. The first-order valence-electron chi connectivity index (χ1n) is 9.56. The molecule has 0 bridgehead atoms. The molecule has 0 aliphatic heterocycles. The number of hydrogen-bond donors (Lipinski definition) is 1. The molecule has 2 aromatic rings. The van der Waals surface area contributed by atoms with Gasteiger partial charge in [-0.25, -0.2) is 4.79 Å². The van der Waals surface area contributed by atoms with Crippen LogP contribution in [0.15, 0.2) is 48.5 Å². The van der Waals surface area contributed by atoms with Crippen LogP contribution >= 0.6 is 0 Å². The molecule has 150 valence electrons. The normalized spacial score (nSPS) is 13.7. The maximum absolute atomic E-state index is 12.4. The maximum Gasteiger partial charge on any atom is 0.407 e. The summed E-state index contributed by atoms with van der Waals surface area (Å²) in [4.78, 5) is 24.2. The van der Waals surface area contributed by atoms with E-state index in [9.17, 15) is 9.59 Å². The Balaban J connectivity index is 1.64. The van der Waals surface area contributed by atoms with E-state index in [0.717, 1.165) is 22.3 Å². The number of Topliss-reactive ketones (excluding diaryl/α,β-unsaturated/α-hetero) is 1. The van der Waals surface area contributed by atoms with Gasteiger partial charge in [-0.1, -0.05) is 54.5 Å². The highest BCUT2D eigenvalue weighted by atomic mass is 16.5. The van der Waals surface area contributed by atoms with Gasteiger partial charge in [-0.3, -0.25) is 4.79 Å². The highest BCUT2D eigenvalue weighted by molar-refractivity contribution is 5.85. The molecule has 0 radical (unpaired) electrons. The van der Waals surface area contributed by atoms with Crippen LogP contribution in [0.1, 0.15) is 37.8 Å². The summed E-state index contributed by atoms with van der Waals surface area (Å²) in [6.45, 7) is 4.99. The van der Waals surface area contributed by atoms with Crippen LogP contribution in [0.5, 0.6) is 0 Å². The number of benzene rings is 2. The van der Waals surface area contributed by atoms with Crippen LogP contribution in [-0.2, 0) is 14.3 Å². The quantitative estimate of drug-likeness (QED) is 0.727. The fourth-order valence-electron chi connectivity index (χ4n) is 3.38. The molecule has 0 saturated carbocycles. The lowest BCUT2D eigenvalue weighted by Crippen LogP contribution is -2.45. The molecule has 1 atom stereocenters. The molecular weight excluding hydrogens is 366 g/mol. The summed E-state index contributed by atoms with van der Waals surface area (Å²) < 4.78 is 11.0. The van der Waals surface area contributed by atoms with Crippen molar-refractivity contribution in [3.63, 3.8) is 0 Å². The fraction of sp³-hybridized carbons (Fsp3) is 0.333. The van der Waals surface area contributed by atoms with E-state index in [0.29, 0.717) is 0 Å². The average molecular weight is 391 g/mol. The van der Waals surface area contributed by atoms with Gasteiger partial charge in [0.1, 0.15) is 18.2 Å². The first-order valence-corrected chi connectivity index (χ1v) is 9.56. The summed E-state index contributed by atoms with van der Waals surface area (Å²) >= 11 is 0. The van der Waals surface area contributed by atoms with Crippen LogP contribution < -0.4 is 5.32 Å². The third-order valence-corrected chi connectivity index (χ3v) is 5.08. The number of hydrogen-bond acceptors (Lipinski definition) is 4. The van der Waals surface area contributed by atoms with E-state index in [1.165, 1.54) is 6.92 Å². The van der Waals surface area contributed by atoms with E-state index < -0.39 is 17.7 Å². The third kappa shape index (κ3) is 4.67. The van der Waals surface area contributed by atoms with Gasteiger partial charge in [0, 0.05) is 5.92 Å². The second-order valence-corrected chi connectivity index (χ2v) is 7.60. The Morgan fingerprint density at radius 2 is 1.66 bits per heavy atom. The number of amides is 1. The molecule has 0 heterocycles. The van der Waals surface area contributed by atoms with E-state index in [2.05, 4.69) is 35.5 Å². The number of fused-ring (bicyclic) bond motifs is 3. The lowest BCUT2D eigenvalue weighted by molar-refractivity contribution is -0.121. The molecule has 1 aliphatic rings. The van der Waals surface area contributed by atoms with Gasteiger partial charge in [-0.05, 0) is 43.0 Å². The van der Waals surface area contributed by atoms with Crippen molar-refractivity contribution in [2.45, 2.75) is 38.3 Å². The van der Waals surface area contributed by atoms with Crippen LogP contribution in [0.2, 0.25) is 0 Å². The van der Waals surface area contributed by atoms with Crippen LogP contribution in [0.25, 0.3) is 11.1 Å². The summed E-state index contributed by atoms with van der Waals surface area (Å²) in [5.41, 5.74) is 3.75. The number of carbonyl (C=O) groups excluding carboxylic acids is 2. The minimum Gasteiger partial charge on any atom is -0.449 e. The van der Waals surface area contributed by atoms with E-state index in [1.807, 2.05) is 24.3 Å². The number of ketones is 1. The molecular formula is C24H25NO4. The summed E-state index contributed by atoms with van der Waals surface area (Å²) in [6, 6.07) is 15.4. The largest absolute Gasteiger partial charge is 0.449 e. The van der Waals surface area contributed by atoms with Gasteiger partial charge >= 0.3 is 6.09 Å². The van der Waals surface area contributed by atoms with Crippen molar-refractivity contribution in [3.05, 3.63) is 59.7 Å². The number of terminal acetylenes is 1. The fourth-order valence-corrected chi connectivity index (χ4v) is 3.38. The van der Waals surface area contributed by atoms with Crippen molar-refractivity contribution in [1.82, 2.24) is 5.32 Å². The Labute approximate surface area is 171 Å². The topological polar surface area (TPSA) is 64.6 Å². The number of alkyl carbamates (subject to hydrolysis) is 1. The first kappa shape index (κ1) is 20.6. The molecule has 29 heavy (non-hydrogen) atoms. The maximum atomic E-state index is 12.4. The van der Waals surface area contributed by atoms with Gasteiger partial charge in [0.25, 0.3) is 0 Å². The number of nitrogens with one attached hydrogen (secondary N) is 1. The predicted molar refractivity (Wildman–Crippen MR) is 112 cm³/mol. The standard InChI is InChI=1S/C24H25NO4/c1-5-24(3,4)29-15-22(16(2)26)25-23(27)28-14-21-19-12-8-6-10-17(19)18-11-7-9-13-20(18)21/h1,6-13,21-22H,14-15H2,2-4H3,(H,25,27)/t22-/m0/s1. The van der Waals surface area contributed by atoms with Crippen molar-refractivity contribution in [3.8, 4) is 23.5 Å². The van der Waals surface area contributed by atoms with Crippen molar-refractivity contribution >= 4 is 11.9 Å². The lowest BCUT2D eigenvalue weighted by Gasteiger charge is -2.23. The van der Waals surface area contributed by atoms with Crippen molar-refractivity contribution in [2.24, 2.45) is 0 Å². The van der Waals surface area contributed by atoms with Crippen molar-refractivity contribution in [1.29, 1.82) is 0 Å². The summed E-state index contributed by atoms with van der Waals surface area (Å²) in [7, 11) is 0. The highest BCUT2D eigenvalue weighted by Crippen LogP contribution is 2.44. The Morgan fingerprint density at radius 1 is 1.10 bits per heavy atom. The lowest BCUT2D eigenvalue weighted by atomic mass is 9.98. The number of rotatable bonds is 7. The van der Waals surface area contributed by atoms with Gasteiger partial charge in [-0.2, -0.15) is 0 Å². The second kappa shape index (κ2) is 8.50. The minimum absolute atomic E-state index is 0.0171. The van der Waals surface area contributed by atoms with Gasteiger partial charge in [-0.15, -0.1) is 6.42 Å². The SMILES string of the molecule is C#CC(C)(C)OC[C@H](NC(=O)OCC1c2ccccc2-c2ccccc21)C(C)=O. The smallest absolute Gasteiger partial charge is 0.407 e. The van der Waals surface area contributed by atoms with Crippen LogP contribution in [0.4, 0.5) is 4.79 Å². The third-order valence-electron chi connectivity index (χ3n) is 5.08. The van der Waals surface area contributed by atoms with Crippen LogP contribution in [-0.4, -0.2) is 36.7 Å². The van der Waals surface area contributed by atoms with Gasteiger partial charge in [0.2, 0.25) is 0 Å². The Bertz CT molecular complexity index is 912. The Morgan fingerprint density at radius 3 is 2.17 bits per heavy atom. The number of carbonyl (C=O) groups is 2. The molecule has 5 heteroatoms. The molecule has 1 amide bonds. The first-order chi connectivity index (χ1) is 13.8. The van der Waals surface area contributed by atoms with E-state index in [4.69, 9.17) is 15.9 Å². The van der Waals surface area contributed by atoms with E-state index in [1.54, 1.807) is 13.8 Å². The zero-order valence-electron chi connectivity index (χ0n) is 16.9. The van der Waals surface area contributed by atoms with Crippen molar-refractivity contribution < 1.29 is 19.1 Å². The molecule has 1 aliphatic carbocycles. The molecule has 2 aromatic carbocycles. The molecule has 0 spiro atoms. The number of ether oxygens (including phenoxy) is 2. The van der Waals surface area contributed by atoms with E-state index in [-0.39, 0.29) is 24.9 Å². The molecule has 0 aromatic heterocycles. The summed E-state index contributed by atoms with van der Waals surface area (Å²) in [5.74, 6) is 2.22. The van der Waals surface area contributed by atoms with E-state index >= 15 is 0 Å². The predicted octanol–water partition coefficient (Wildman–Crippen LogP) is 3.91. The highest BCUT2D eigenvalue weighted by Gasteiger charge is 2.29. The molecule has 0 unspecified atom stereocenters.